The number of hydrogen-bond donors (Lipinski definition) is 4. The maximum absolute atomic E-state index is 9.12. The van der Waals surface area contributed by atoms with E-state index in [2.05, 4.69) is 0 Å². The van der Waals surface area contributed by atoms with Crippen LogP contribution in [-0.4, -0.2) is 11.2 Å². The first-order valence-corrected chi connectivity index (χ1v) is 2.04. The van der Waals surface area contributed by atoms with Crippen molar-refractivity contribution in [2.75, 3.05) is 0 Å². The van der Waals surface area contributed by atoms with Gasteiger partial charge in [0.15, 0.2) is 6.03 Å². The first-order valence-electron chi connectivity index (χ1n) is 2.04. The summed E-state index contributed by atoms with van der Waals surface area (Å²) in [7, 11) is 0. The average Bonchev–Trinajstić information content (AvgIpc) is 2.06. The monoisotopic (exact) mass is 376 g/mol. The molecule has 11 nitrogen and oxygen atoms in total. The van der Waals surface area contributed by atoms with Gasteiger partial charge in [0.25, 0.3) is 0 Å². The van der Waals surface area contributed by atoms with E-state index < -0.39 is 6.03 Å². The van der Waals surface area contributed by atoms with Crippen molar-refractivity contribution in [1.29, 1.82) is 0 Å². The summed E-state index contributed by atoms with van der Waals surface area (Å²) in [6.45, 7) is 0. The summed E-state index contributed by atoms with van der Waals surface area (Å²) < 4.78 is 0. The van der Waals surface area contributed by atoms with E-state index in [9.17, 15) is 0 Å². The summed E-state index contributed by atoms with van der Waals surface area (Å²) in [6.07, 6.45) is 0. The molecule has 0 spiro atoms. The van der Waals surface area contributed by atoms with Gasteiger partial charge < -0.3 is 49.3 Å². The first kappa shape index (κ1) is 22.7. The minimum absolute atomic E-state index is 0. The Labute approximate surface area is 87.1 Å². The standard InChI is InChI=1S/CH4N2O2.H4N4.HNO2.Pt/c2-1(4)3-5;1-3-4-2;2-1-3;/h(H4,2,3,4,5);1-4H;(H,2,3);/q;-2;;/p-2. The Hall–Kier alpha value is -0.842. The van der Waals surface area contributed by atoms with Crippen LogP contribution in [-0.2, 0) is 21.1 Å². The summed E-state index contributed by atoms with van der Waals surface area (Å²) in [4.78, 5) is 17.1. The Balaban J connectivity index is -0.0000000465. The maximum atomic E-state index is 9.12. The first-order chi connectivity index (χ1) is 5.60. The largest absolute Gasteiger partial charge is 0.599 e. The van der Waals surface area contributed by atoms with Gasteiger partial charge in [-0.25, -0.2) is 0 Å². The number of nitrogens with zero attached hydrogens (tertiary/aromatic N) is 1. The van der Waals surface area contributed by atoms with E-state index >= 15 is 0 Å². The predicted molar refractivity (Wildman–Crippen MR) is 38.7 cm³/mol. The van der Waals surface area contributed by atoms with Gasteiger partial charge in [-0.3, -0.25) is 4.79 Å². The third kappa shape index (κ3) is 201. The van der Waals surface area contributed by atoms with Gasteiger partial charge in [0.05, 0.1) is 0 Å². The van der Waals surface area contributed by atoms with Crippen molar-refractivity contribution in [1.82, 2.24) is 16.5 Å². The molecular weight excluding hydrogens is 369 g/mol. The van der Waals surface area contributed by atoms with Crippen LogP contribution in [0.5, 0.6) is 0 Å². The molecule has 0 fully saturated rings. The van der Waals surface area contributed by atoms with Gasteiger partial charge in [0, 0.05) is 21.1 Å². The van der Waals surface area contributed by atoms with E-state index in [1.807, 2.05) is 0 Å². The molecule has 0 aliphatic heterocycles. The molecule has 0 aliphatic rings. The fraction of sp³-hybridized carbons (Fsp3) is 0. The predicted octanol–water partition coefficient (Wildman–Crippen LogP) is 0.401. The van der Waals surface area contributed by atoms with Crippen molar-refractivity contribution in [2.24, 2.45) is 5.34 Å². The molecule has 2 amide bonds. The second-order valence-corrected chi connectivity index (χ2v) is 0.765. The number of urea groups is 1. The molecule has 0 rings (SSSR count). The van der Waals surface area contributed by atoms with Gasteiger partial charge in [-0.2, -0.15) is 0 Å². The molecule has 0 unspecified atom stereocenters. The Morgan fingerprint density at radius 1 is 1.38 bits per heavy atom. The molecule has 0 saturated carbocycles. The van der Waals surface area contributed by atoms with Crippen LogP contribution >= 0.6 is 0 Å². The molecule has 0 aliphatic carbocycles. The van der Waals surface area contributed by atoms with E-state index in [1.54, 1.807) is 11.1 Å². The number of carbonyl (C=O) groups excluding carboxylic acids is 1. The molecule has 0 heterocycles. The molecular formula is CH7N7O4Pt-4. The minimum atomic E-state index is -1.19. The van der Waals surface area contributed by atoms with Crippen molar-refractivity contribution in [2.45, 2.75) is 0 Å². The Bertz CT molecular complexity index is 98.5. The van der Waals surface area contributed by atoms with Crippen LogP contribution in [0.15, 0.2) is 5.34 Å². The summed E-state index contributed by atoms with van der Waals surface area (Å²) in [5, 5.41) is 16.4. The Morgan fingerprint density at radius 3 is 1.54 bits per heavy atom. The van der Waals surface area contributed by atoms with Crippen molar-refractivity contribution in [3.63, 3.8) is 0 Å². The molecule has 0 aromatic rings. The van der Waals surface area contributed by atoms with Crippen LogP contribution in [0.2, 0.25) is 0 Å². The summed E-state index contributed by atoms with van der Waals surface area (Å²) >= 11 is 0. The second-order valence-electron chi connectivity index (χ2n) is 0.765. The molecule has 0 saturated heterocycles. The van der Waals surface area contributed by atoms with Crippen LogP contribution < -0.4 is 16.5 Å². The fourth-order valence-corrected chi connectivity index (χ4v) is 0. The van der Waals surface area contributed by atoms with Crippen molar-refractivity contribution < 1.29 is 31.1 Å². The zero-order chi connectivity index (χ0) is 10.4. The zero-order valence-corrected chi connectivity index (χ0v) is 8.21. The van der Waals surface area contributed by atoms with E-state index in [-0.39, 0.29) is 21.1 Å². The molecule has 7 N–H and O–H groups in total. The number of rotatable bonds is 1. The second kappa shape index (κ2) is 30.4. The molecule has 0 aromatic carbocycles. The van der Waals surface area contributed by atoms with Crippen LogP contribution in [0.1, 0.15) is 0 Å². The number of hydrogen-bond acceptors (Lipinski definition) is 7. The van der Waals surface area contributed by atoms with E-state index in [1.165, 1.54) is 0 Å². The average molecular weight is 376 g/mol. The van der Waals surface area contributed by atoms with E-state index in [4.69, 9.17) is 37.5 Å². The number of nitrogens with one attached hydrogen (secondary N) is 6. The van der Waals surface area contributed by atoms with Gasteiger partial charge in [0.2, 0.25) is 0 Å². The van der Waals surface area contributed by atoms with Crippen molar-refractivity contribution in [3.8, 4) is 0 Å². The van der Waals surface area contributed by atoms with Crippen LogP contribution in [0.25, 0.3) is 17.4 Å². The van der Waals surface area contributed by atoms with Crippen LogP contribution in [0, 0.1) is 10.1 Å². The molecule has 0 radical (unpaired) electrons. The fourth-order valence-electron chi connectivity index (χ4n) is 0. The Kier molecular flexibility index (Phi) is 53.1. The van der Waals surface area contributed by atoms with E-state index in [0.717, 1.165) is 10.8 Å². The van der Waals surface area contributed by atoms with Gasteiger partial charge in [-0.15, -0.1) is 5.34 Å². The number of carbonyl (C=O) groups is 1. The molecule has 0 aromatic heterocycles. The molecule has 0 atom stereocenters. The maximum Gasteiger partial charge on any atom is 0.169 e. The number of hydrazine groups is 1. The molecule has 12 heteroatoms. The normalized spacial score (nSPS) is 5.77. The van der Waals surface area contributed by atoms with Crippen LogP contribution in [0.3, 0.4) is 0 Å². The third-order valence-corrected chi connectivity index (χ3v) is 0.164. The number of hydroxylamine groups is 1. The Morgan fingerprint density at radius 2 is 1.54 bits per heavy atom. The minimum Gasteiger partial charge on any atom is -0.599 e. The van der Waals surface area contributed by atoms with Crippen LogP contribution in [0.4, 0.5) is 4.79 Å². The van der Waals surface area contributed by atoms with Gasteiger partial charge in [0.1, 0.15) is 0 Å². The summed E-state index contributed by atoms with van der Waals surface area (Å²) in [5.41, 5.74) is 10.1. The van der Waals surface area contributed by atoms with Gasteiger partial charge >= 0.3 is 0 Å². The topological polar surface area (TPSA) is 197 Å². The SMILES string of the molecule is O=N[O-].[NH-]C(=O)NO.[NH-]NN[NH-].[Pt]. The van der Waals surface area contributed by atoms with Gasteiger partial charge in [-0.05, 0) is 0 Å². The molecule has 13 heavy (non-hydrogen) atoms. The summed E-state index contributed by atoms with van der Waals surface area (Å²) in [5.74, 6) is 11.8. The third-order valence-electron chi connectivity index (χ3n) is 0.164. The zero-order valence-electron chi connectivity index (χ0n) is 5.94. The quantitative estimate of drug-likeness (QED) is 0.290. The van der Waals surface area contributed by atoms with E-state index in [0.29, 0.717) is 0 Å². The summed E-state index contributed by atoms with van der Waals surface area (Å²) in [6, 6.07) is -1.19. The molecule has 84 valence electrons. The van der Waals surface area contributed by atoms with Crippen molar-refractivity contribution in [3.05, 3.63) is 27.5 Å². The smallest absolute Gasteiger partial charge is 0.169 e. The van der Waals surface area contributed by atoms with Gasteiger partial charge in [-0.1, -0.05) is 0 Å². The molecule has 0 bridgehead atoms. The van der Waals surface area contributed by atoms with Crippen molar-refractivity contribution >= 4 is 6.03 Å². The number of amides is 2.